The molecule has 18 heavy (non-hydrogen) atoms. The second kappa shape index (κ2) is 6.12. The number of halogens is 1. The van der Waals surface area contributed by atoms with Crippen LogP contribution in [0.2, 0.25) is 0 Å². The highest BCUT2D eigenvalue weighted by Gasteiger charge is 2.20. The van der Waals surface area contributed by atoms with Crippen molar-refractivity contribution < 1.29 is 4.39 Å². The van der Waals surface area contributed by atoms with Crippen LogP contribution in [0.1, 0.15) is 35.9 Å². The topological polar surface area (TPSA) is 12.0 Å². The summed E-state index contributed by atoms with van der Waals surface area (Å²) in [5.41, 5.74) is 2.03. The van der Waals surface area contributed by atoms with Crippen LogP contribution >= 0.6 is 11.3 Å². The Kier molecular flexibility index (Phi) is 4.50. The summed E-state index contributed by atoms with van der Waals surface area (Å²) in [6.07, 6.45) is 0.981. The Morgan fingerprint density at radius 3 is 2.67 bits per heavy atom. The van der Waals surface area contributed by atoms with Gasteiger partial charge in [0.15, 0.2) is 0 Å². The van der Waals surface area contributed by atoms with E-state index in [4.69, 9.17) is 0 Å². The molecule has 0 aliphatic rings. The van der Waals surface area contributed by atoms with Crippen LogP contribution in [0.3, 0.4) is 0 Å². The van der Waals surface area contributed by atoms with Crippen LogP contribution in [0.4, 0.5) is 4.39 Å². The second-order valence-electron chi connectivity index (χ2n) is 4.18. The first kappa shape index (κ1) is 13.2. The summed E-state index contributed by atoms with van der Waals surface area (Å²) in [7, 11) is 0. The minimum absolute atomic E-state index is 0.0360. The minimum Gasteiger partial charge on any atom is -0.306 e. The Balaban J connectivity index is 2.43. The summed E-state index contributed by atoms with van der Waals surface area (Å²) in [6, 6.07) is 9.11. The summed E-state index contributed by atoms with van der Waals surface area (Å²) in [4.78, 5) is 1.23. The standard InChI is InChI=1S/C15H18FNS/c1-3-11-9-10-18-15(11)14(17-4-2)12-7-5-6-8-13(12)16/h5-10,14,17H,3-4H2,1-2H3. The van der Waals surface area contributed by atoms with E-state index in [2.05, 4.69) is 23.7 Å². The highest BCUT2D eigenvalue weighted by atomic mass is 32.1. The van der Waals surface area contributed by atoms with Gasteiger partial charge >= 0.3 is 0 Å². The Morgan fingerprint density at radius 2 is 2.00 bits per heavy atom. The third-order valence-electron chi connectivity index (χ3n) is 3.05. The first-order valence-corrected chi connectivity index (χ1v) is 7.20. The molecule has 96 valence electrons. The van der Waals surface area contributed by atoms with Crippen LogP contribution in [0.25, 0.3) is 0 Å². The lowest BCUT2D eigenvalue weighted by molar-refractivity contribution is 0.561. The van der Waals surface area contributed by atoms with E-state index < -0.39 is 0 Å². The lowest BCUT2D eigenvalue weighted by atomic mass is 10.0. The van der Waals surface area contributed by atoms with Crippen molar-refractivity contribution in [3.05, 3.63) is 57.5 Å². The van der Waals surface area contributed by atoms with Crippen molar-refractivity contribution in [1.29, 1.82) is 0 Å². The third kappa shape index (κ3) is 2.62. The van der Waals surface area contributed by atoms with Crippen molar-refractivity contribution in [2.24, 2.45) is 0 Å². The van der Waals surface area contributed by atoms with Gasteiger partial charge in [-0.3, -0.25) is 0 Å². The van der Waals surface area contributed by atoms with Crippen LogP contribution in [-0.2, 0) is 6.42 Å². The van der Waals surface area contributed by atoms with Gasteiger partial charge < -0.3 is 5.32 Å². The summed E-state index contributed by atoms with van der Waals surface area (Å²) >= 11 is 1.70. The first-order valence-electron chi connectivity index (χ1n) is 6.32. The van der Waals surface area contributed by atoms with Gasteiger partial charge in [0.1, 0.15) is 5.82 Å². The number of aryl methyl sites for hydroxylation is 1. The smallest absolute Gasteiger partial charge is 0.128 e. The fraction of sp³-hybridized carbons (Fsp3) is 0.333. The number of rotatable bonds is 5. The van der Waals surface area contributed by atoms with E-state index in [1.807, 2.05) is 19.1 Å². The van der Waals surface area contributed by atoms with E-state index in [-0.39, 0.29) is 11.9 Å². The van der Waals surface area contributed by atoms with E-state index in [0.29, 0.717) is 0 Å². The first-order chi connectivity index (χ1) is 8.77. The van der Waals surface area contributed by atoms with Gasteiger partial charge in [0.2, 0.25) is 0 Å². The van der Waals surface area contributed by atoms with Crippen LogP contribution in [0, 0.1) is 5.82 Å². The molecule has 2 rings (SSSR count). The summed E-state index contributed by atoms with van der Waals surface area (Å²) in [6.45, 7) is 5.00. The molecule has 1 aromatic carbocycles. The maximum absolute atomic E-state index is 14.0. The van der Waals surface area contributed by atoms with Gasteiger partial charge in [-0.05, 0) is 36.0 Å². The van der Waals surface area contributed by atoms with Gasteiger partial charge in [0, 0.05) is 10.4 Å². The van der Waals surface area contributed by atoms with Gasteiger partial charge in [0.05, 0.1) is 6.04 Å². The summed E-state index contributed by atoms with van der Waals surface area (Å²) < 4.78 is 14.0. The van der Waals surface area contributed by atoms with E-state index in [1.165, 1.54) is 16.5 Å². The molecule has 0 bridgehead atoms. The largest absolute Gasteiger partial charge is 0.306 e. The van der Waals surface area contributed by atoms with E-state index in [1.54, 1.807) is 17.4 Å². The lowest BCUT2D eigenvalue weighted by Gasteiger charge is -2.19. The molecule has 0 spiro atoms. The summed E-state index contributed by atoms with van der Waals surface area (Å²) in [5.74, 6) is -0.140. The van der Waals surface area contributed by atoms with Crippen molar-refractivity contribution in [3.63, 3.8) is 0 Å². The molecule has 0 saturated heterocycles. The van der Waals surface area contributed by atoms with Crippen LogP contribution in [0.5, 0.6) is 0 Å². The molecule has 1 aromatic heterocycles. The van der Waals surface area contributed by atoms with Gasteiger partial charge in [-0.15, -0.1) is 11.3 Å². The number of hydrogen-bond acceptors (Lipinski definition) is 2. The molecule has 3 heteroatoms. The van der Waals surface area contributed by atoms with Crippen molar-refractivity contribution in [2.75, 3.05) is 6.54 Å². The Labute approximate surface area is 112 Å². The second-order valence-corrected chi connectivity index (χ2v) is 5.12. The molecule has 0 aliphatic carbocycles. The highest BCUT2D eigenvalue weighted by Crippen LogP contribution is 2.31. The van der Waals surface area contributed by atoms with Crippen molar-refractivity contribution in [1.82, 2.24) is 5.32 Å². The number of nitrogens with one attached hydrogen (secondary N) is 1. The molecule has 0 aliphatic heterocycles. The molecule has 1 heterocycles. The molecule has 2 aromatic rings. The third-order valence-corrected chi connectivity index (χ3v) is 4.07. The molecule has 0 saturated carbocycles. The maximum atomic E-state index is 14.0. The number of benzene rings is 1. The van der Waals surface area contributed by atoms with E-state index in [9.17, 15) is 4.39 Å². The lowest BCUT2D eigenvalue weighted by Crippen LogP contribution is -2.23. The average molecular weight is 263 g/mol. The van der Waals surface area contributed by atoms with E-state index in [0.717, 1.165) is 18.5 Å². The highest BCUT2D eigenvalue weighted by molar-refractivity contribution is 7.10. The molecular formula is C15H18FNS. The fourth-order valence-corrected chi connectivity index (χ4v) is 3.24. The van der Waals surface area contributed by atoms with Crippen molar-refractivity contribution in [3.8, 4) is 0 Å². The average Bonchev–Trinajstić information content (AvgIpc) is 2.85. The maximum Gasteiger partial charge on any atom is 0.128 e. The Morgan fingerprint density at radius 1 is 1.22 bits per heavy atom. The van der Waals surface area contributed by atoms with Crippen LogP contribution in [-0.4, -0.2) is 6.54 Å². The predicted octanol–water partition coefficient (Wildman–Crippen LogP) is 4.15. The van der Waals surface area contributed by atoms with E-state index >= 15 is 0 Å². The molecule has 0 fully saturated rings. The fourth-order valence-electron chi connectivity index (χ4n) is 2.15. The monoisotopic (exact) mass is 263 g/mol. The van der Waals surface area contributed by atoms with Crippen LogP contribution in [0.15, 0.2) is 35.7 Å². The molecular weight excluding hydrogens is 245 g/mol. The zero-order chi connectivity index (χ0) is 13.0. The number of thiophene rings is 1. The quantitative estimate of drug-likeness (QED) is 0.854. The molecule has 1 unspecified atom stereocenters. The van der Waals surface area contributed by atoms with Gasteiger partial charge in [-0.1, -0.05) is 32.0 Å². The minimum atomic E-state index is -0.140. The SMILES string of the molecule is CCNC(c1ccccc1F)c1sccc1CC. The van der Waals surface area contributed by atoms with Crippen molar-refractivity contribution >= 4 is 11.3 Å². The number of hydrogen-bond donors (Lipinski definition) is 1. The molecule has 1 nitrogen and oxygen atoms in total. The van der Waals surface area contributed by atoms with Crippen molar-refractivity contribution in [2.45, 2.75) is 26.3 Å². The van der Waals surface area contributed by atoms with Gasteiger partial charge in [-0.25, -0.2) is 4.39 Å². The zero-order valence-corrected chi connectivity index (χ0v) is 11.6. The van der Waals surface area contributed by atoms with Crippen LogP contribution < -0.4 is 5.32 Å². The molecule has 0 amide bonds. The predicted molar refractivity (Wildman–Crippen MR) is 75.6 cm³/mol. The van der Waals surface area contributed by atoms with Gasteiger partial charge in [-0.2, -0.15) is 0 Å². The van der Waals surface area contributed by atoms with Gasteiger partial charge in [0.25, 0.3) is 0 Å². The Bertz CT molecular complexity index is 507. The summed E-state index contributed by atoms with van der Waals surface area (Å²) in [5, 5.41) is 5.47. The molecule has 0 radical (unpaired) electrons. The zero-order valence-electron chi connectivity index (χ0n) is 10.7. The molecule has 1 atom stereocenters. The normalized spacial score (nSPS) is 12.6. The Hall–Kier alpha value is -1.19. The molecule has 1 N–H and O–H groups in total.